The van der Waals surface area contributed by atoms with Gasteiger partial charge in [0.15, 0.2) is 0 Å². The van der Waals surface area contributed by atoms with E-state index >= 15 is 0 Å². The van der Waals surface area contributed by atoms with Crippen molar-refractivity contribution in [1.29, 1.82) is 0 Å². The molecule has 0 rings (SSSR count). The molecule has 0 amide bonds. The normalized spacial score (nSPS) is 11.4. The molecule has 0 saturated heterocycles. The van der Waals surface area contributed by atoms with E-state index in [1.54, 1.807) is 0 Å². The Balaban J connectivity index is 2.91. The molecule has 0 heterocycles. The van der Waals surface area contributed by atoms with Crippen LogP contribution in [-0.2, 0) is 0 Å². The van der Waals surface area contributed by atoms with Gasteiger partial charge in [0.25, 0.3) is 0 Å². The van der Waals surface area contributed by atoms with Gasteiger partial charge in [-0.3, -0.25) is 0 Å². The molecule has 0 bridgehead atoms. The highest BCUT2D eigenvalue weighted by Gasteiger charge is 1.96. The Morgan fingerprint density at radius 3 is 2.00 bits per heavy atom. The minimum absolute atomic E-state index is 0.784. The first-order valence-corrected chi connectivity index (χ1v) is 4.33. The third-order valence-corrected chi connectivity index (χ3v) is 1.45. The van der Waals surface area contributed by atoms with Crippen LogP contribution < -0.4 is 0 Å². The van der Waals surface area contributed by atoms with Gasteiger partial charge in [-0.05, 0) is 31.1 Å². The lowest BCUT2D eigenvalue weighted by Gasteiger charge is -2.04. The fraction of sp³-hybridized carbons (Fsp3) is 0.900. The largest absolute Gasteiger partial charge is 0.0628 e. The third-order valence-electron chi connectivity index (χ3n) is 1.45. The summed E-state index contributed by atoms with van der Waals surface area (Å²) in [7, 11) is 0. The molecule has 0 aliphatic carbocycles. The van der Waals surface area contributed by atoms with E-state index in [0.29, 0.717) is 0 Å². The van der Waals surface area contributed by atoms with E-state index in [0.717, 1.165) is 18.3 Å². The van der Waals surface area contributed by atoms with Crippen molar-refractivity contribution < 1.29 is 0 Å². The summed E-state index contributed by atoms with van der Waals surface area (Å²) >= 11 is 0. The molecule has 0 spiro atoms. The Kier molecular flexibility index (Phi) is 5.76. The van der Waals surface area contributed by atoms with Crippen LogP contribution in [0, 0.1) is 18.3 Å². The molecule has 10 heavy (non-hydrogen) atoms. The van der Waals surface area contributed by atoms with E-state index in [1.165, 1.54) is 12.8 Å². The summed E-state index contributed by atoms with van der Waals surface area (Å²) < 4.78 is 0. The van der Waals surface area contributed by atoms with Crippen molar-refractivity contribution in [3.63, 3.8) is 0 Å². The van der Waals surface area contributed by atoms with Crippen molar-refractivity contribution in [3.05, 3.63) is 6.42 Å². The molecule has 0 unspecified atom stereocenters. The highest BCUT2D eigenvalue weighted by molar-refractivity contribution is 4.66. The fourth-order valence-corrected chi connectivity index (χ4v) is 0.781. The summed E-state index contributed by atoms with van der Waals surface area (Å²) in [6.45, 7) is 9.00. The Bertz CT molecular complexity index is 52.4. The summed E-state index contributed by atoms with van der Waals surface area (Å²) in [4.78, 5) is 0. The predicted octanol–water partition coefficient (Wildman–Crippen LogP) is 3.55. The van der Waals surface area contributed by atoms with Crippen LogP contribution in [0.25, 0.3) is 0 Å². The van der Waals surface area contributed by atoms with Crippen molar-refractivity contribution in [2.24, 2.45) is 11.8 Å². The lowest BCUT2D eigenvalue weighted by atomic mass is 10.0. The second kappa shape index (κ2) is 5.76. The fourth-order valence-electron chi connectivity index (χ4n) is 0.781. The highest BCUT2D eigenvalue weighted by atomic mass is 14.0. The summed E-state index contributed by atoms with van der Waals surface area (Å²) in [5.74, 6) is 1.62. The number of unbranched alkanes of at least 4 members (excludes halogenated alkanes) is 1. The van der Waals surface area contributed by atoms with E-state index in [-0.39, 0.29) is 0 Å². The van der Waals surface area contributed by atoms with Gasteiger partial charge in [0.05, 0.1) is 0 Å². The van der Waals surface area contributed by atoms with Gasteiger partial charge in [0.2, 0.25) is 0 Å². The first-order chi connectivity index (χ1) is 4.63. The Morgan fingerprint density at radius 2 is 1.60 bits per heavy atom. The zero-order valence-corrected chi connectivity index (χ0v) is 7.78. The molecule has 0 N–H and O–H groups in total. The van der Waals surface area contributed by atoms with Crippen molar-refractivity contribution in [2.75, 3.05) is 0 Å². The molecule has 0 aliphatic heterocycles. The number of hydrogen-bond acceptors (Lipinski definition) is 0. The van der Waals surface area contributed by atoms with Gasteiger partial charge in [-0.1, -0.05) is 34.1 Å². The molecular weight excluding hydrogens is 120 g/mol. The van der Waals surface area contributed by atoms with Crippen molar-refractivity contribution >= 4 is 0 Å². The standard InChI is InChI=1S/C10H20/c1-9(2)7-5-6-8-10(3)4/h9-10H,5,7-8H2,1-4H3. The lowest BCUT2D eigenvalue weighted by Crippen LogP contribution is -1.91. The van der Waals surface area contributed by atoms with E-state index in [2.05, 4.69) is 34.1 Å². The van der Waals surface area contributed by atoms with Crippen LogP contribution in [0.1, 0.15) is 47.0 Å². The molecule has 0 aliphatic rings. The van der Waals surface area contributed by atoms with Crippen molar-refractivity contribution in [3.8, 4) is 0 Å². The summed E-state index contributed by atoms with van der Waals surface area (Å²) in [6.07, 6.45) is 7.05. The molecule has 60 valence electrons. The van der Waals surface area contributed by atoms with E-state index in [9.17, 15) is 0 Å². The van der Waals surface area contributed by atoms with Gasteiger partial charge >= 0.3 is 0 Å². The predicted molar refractivity (Wildman–Crippen MR) is 46.8 cm³/mol. The molecule has 0 atom stereocenters. The van der Waals surface area contributed by atoms with Crippen LogP contribution in [-0.4, -0.2) is 0 Å². The van der Waals surface area contributed by atoms with Gasteiger partial charge in [0, 0.05) is 0 Å². The van der Waals surface area contributed by atoms with Crippen LogP contribution in [0.5, 0.6) is 0 Å². The topological polar surface area (TPSA) is 0 Å². The second-order valence-electron chi connectivity index (χ2n) is 3.78. The zero-order valence-electron chi connectivity index (χ0n) is 7.78. The van der Waals surface area contributed by atoms with Gasteiger partial charge in [-0.25, -0.2) is 0 Å². The lowest BCUT2D eigenvalue weighted by molar-refractivity contribution is 0.549. The summed E-state index contributed by atoms with van der Waals surface area (Å²) in [5, 5.41) is 0. The smallest absolute Gasteiger partial charge is 0.0171 e. The first-order valence-electron chi connectivity index (χ1n) is 4.33. The van der Waals surface area contributed by atoms with E-state index in [4.69, 9.17) is 0 Å². The monoisotopic (exact) mass is 140 g/mol. The highest BCUT2D eigenvalue weighted by Crippen LogP contribution is 2.10. The Hall–Kier alpha value is 0. The van der Waals surface area contributed by atoms with E-state index < -0.39 is 0 Å². The van der Waals surface area contributed by atoms with Crippen LogP contribution >= 0.6 is 0 Å². The van der Waals surface area contributed by atoms with Crippen LogP contribution in [0.4, 0.5) is 0 Å². The minimum Gasteiger partial charge on any atom is -0.0628 e. The average Bonchev–Trinajstić information content (AvgIpc) is 1.79. The average molecular weight is 140 g/mol. The molecule has 0 fully saturated rings. The van der Waals surface area contributed by atoms with Crippen LogP contribution in [0.2, 0.25) is 0 Å². The Labute approximate surface area is 66.0 Å². The molecule has 0 nitrogen and oxygen atoms in total. The summed E-state index contributed by atoms with van der Waals surface area (Å²) in [5.41, 5.74) is 0. The first kappa shape index (κ1) is 10.0. The quantitative estimate of drug-likeness (QED) is 0.512. The molecule has 2 radical (unpaired) electrons. The number of rotatable bonds is 5. The van der Waals surface area contributed by atoms with Gasteiger partial charge in [0.1, 0.15) is 0 Å². The third kappa shape index (κ3) is 8.00. The SMILES string of the molecule is CC(C)C[C]CCC(C)C. The maximum atomic E-state index is 3.42. The second-order valence-corrected chi connectivity index (χ2v) is 3.78. The minimum atomic E-state index is 0.784. The molecule has 0 heteroatoms. The van der Waals surface area contributed by atoms with E-state index in [1.807, 2.05) is 0 Å². The maximum Gasteiger partial charge on any atom is -0.0171 e. The zero-order chi connectivity index (χ0) is 7.98. The number of hydrogen-bond donors (Lipinski definition) is 0. The van der Waals surface area contributed by atoms with Crippen molar-refractivity contribution in [2.45, 2.75) is 47.0 Å². The van der Waals surface area contributed by atoms with Crippen molar-refractivity contribution in [1.82, 2.24) is 0 Å². The molecule has 0 aromatic heterocycles. The maximum absolute atomic E-state index is 3.42. The van der Waals surface area contributed by atoms with Gasteiger partial charge in [-0.2, -0.15) is 0 Å². The molecule has 0 aromatic carbocycles. The molecule has 0 aromatic rings. The van der Waals surface area contributed by atoms with Crippen LogP contribution in [0.15, 0.2) is 0 Å². The van der Waals surface area contributed by atoms with Gasteiger partial charge in [-0.15, -0.1) is 0 Å². The summed E-state index contributed by atoms with van der Waals surface area (Å²) in [6, 6.07) is 0. The molecule has 0 saturated carbocycles. The van der Waals surface area contributed by atoms with Crippen LogP contribution in [0.3, 0.4) is 0 Å². The molecular formula is C10H20. The Morgan fingerprint density at radius 1 is 1.00 bits per heavy atom. The van der Waals surface area contributed by atoms with Gasteiger partial charge < -0.3 is 0 Å².